The van der Waals surface area contributed by atoms with E-state index in [9.17, 15) is 9.59 Å². The second-order valence-corrected chi connectivity index (χ2v) is 8.05. The molecule has 0 radical (unpaired) electrons. The van der Waals surface area contributed by atoms with E-state index in [1.54, 1.807) is 11.6 Å². The lowest BCUT2D eigenvalue weighted by molar-refractivity contribution is 0.0991. The average molecular weight is 401 g/mol. The molecule has 4 aromatic rings. The molecule has 0 aliphatic carbocycles. The third-order valence-corrected chi connectivity index (χ3v) is 6.15. The van der Waals surface area contributed by atoms with Crippen LogP contribution < -0.4 is 10.2 Å². The lowest BCUT2D eigenvalue weighted by Crippen LogP contribution is -2.27. The van der Waals surface area contributed by atoms with Crippen LogP contribution in [0.1, 0.15) is 40.5 Å². The number of amides is 2. The average Bonchev–Trinajstić information content (AvgIpc) is 3.31. The highest BCUT2D eigenvalue weighted by molar-refractivity contribution is 7.16. The van der Waals surface area contributed by atoms with Gasteiger partial charge in [0.25, 0.3) is 11.8 Å². The number of carbonyl (C=O) groups is 2. The van der Waals surface area contributed by atoms with Gasteiger partial charge in [-0.3, -0.25) is 9.59 Å². The molecule has 0 atom stereocenters. The lowest BCUT2D eigenvalue weighted by Gasteiger charge is -2.17. The first-order valence-electron chi connectivity index (χ1n) is 9.69. The van der Waals surface area contributed by atoms with Gasteiger partial charge in [0.15, 0.2) is 0 Å². The van der Waals surface area contributed by atoms with Gasteiger partial charge in [0.05, 0.1) is 21.4 Å². The standard InChI is InChI=1S/C23H19N3O2S/c1-2-3-11-26-19-6-4-5-15-17(10-8-16(21(15)19)23(26)28)25-22(27)14-7-9-18-20(12-14)29-13-24-18/h4-10,12-13H,2-3,11H2,1H3,(H,25,27). The Bertz CT molecular complexity index is 1280. The topological polar surface area (TPSA) is 62.3 Å². The molecule has 29 heavy (non-hydrogen) atoms. The highest BCUT2D eigenvalue weighted by Gasteiger charge is 2.30. The van der Waals surface area contributed by atoms with Crippen LogP contribution in [0.5, 0.6) is 0 Å². The minimum Gasteiger partial charge on any atom is -0.321 e. The summed E-state index contributed by atoms with van der Waals surface area (Å²) in [6, 6.07) is 15.0. The Balaban J connectivity index is 1.52. The SMILES string of the molecule is CCCCN1C(=O)c2ccc(NC(=O)c3ccc4ncsc4c3)c3cccc1c23. The summed E-state index contributed by atoms with van der Waals surface area (Å²) in [5.74, 6) is -0.133. The predicted molar refractivity (Wildman–Crippen MR) is 118 cm³/mol. The van der Waals surface area contributed by atoms with E-state index in [1.807, 2.05) is 47.4 Å². The third kappa shape index (κ3) is 2.87. The van der Waals surface area contributed by atoms with E-state index in [1.165, 1.54) is 11.3 Å². The van der Waals surface area contributed by atoms with Crippen molar-refractivity contribution in [3.05, 3.63) is 65.2 Å². The highest BCUT2D eigenvalue weighted by atomic mass is 32.1. The Morgan fingerprint density at radius 3 is 2.93 bits per heavy atom. The lowest BCUT2D eigenvalue weighted by atomic mass is 10.0. The predicted octanol–water partition coefficient (Wildman–Crippen LogP) is 5.46. The molecule has 0 saturated carbocycles. The number of aromatic nitrogens is 1. The molecule has 2 heterocycles. The van der Waals surface area contributed by atoms with Crippen LogP contribution in [0.4, 0.5) is 11.4 Å². The summed E-state index contributed by atoms with van der Waals surface area (Å²) in [4.78, 5) is 31.9. The van der Waals surface area contributed by atoms with Crippen molar-refractivity contribution in [3.63, 3.8) is 0 Å². The molecular weight excluding hydrogens is 382 g/mol. The maximum absolute atomic E-state index is 12.9. The molecule has 5 rings (SSSR count). The van der Waals surface area contributed by atoms with Crippen LogP contribution in [0.3, 0.4) is 0 Å². The third-order valence-electron chi connectivity index (χ3n) is 5.36. The molecule has 0 bridgehead atoms. The summed E-state index contributed by atoms with van der Waals surface area (Å²) < 4.78 is 0.982. The van der Waals surface area contributed by atoms with Crippen molar-refractivity contribution in [2.45, 2.75) is 19.8 Å². The molecule has 0 spiro atoms. The number of hydrogen-bond donors (Lipinski definition) is 1. The van der Waals surface area contributed by atoms with Gasteiger partial charge < -0.3 is 10.2 Å². The number of carbonyl (C=O) groups excluding carboxylic acids is 2. The van der Waals surface area contributed by atoms with Gasteiger partial charge in [-0.25, -0.2) is 4.98 Å². The molecule has 0 fully saturated rings. The Morgan fingerprint density at radius 1 is 1.17 bits per heavy atom. The largest absolute Gasteiger partial charge is 0.321 e. The quantitative estimate of drug-likeness (QED) is 0.483. The molecule has 1 aromatic heterocycles. The second-order valence-electron chi connectivity index (χ2n) is 7.16. The molecule has 0 unspecified atom stereocenters. The first-order chi connectivity index (χ1) is 14.2. The van der Waals surface area contributed by atoms with Gasteiger partial charge in [-0.15, -0.1) is 11.3 Å². The highest BCUT2D eigenvalue weighted by Crippen LogP contribution is 2.40. The van der Waals surface area contributed by atoms with Crippen LogP contribution in [0.15, 0.2) is 54.0 Å². The maximum atomic E-state index is 12.9. The van der Waals surface area contributed by atoms with E-state index < -0.39 is 0 Å². The van der Waals surface area contributed by atoms with Crippen molar-refractivity contribution in [1.82, 2.24) is 4.98 Å². The Hall–Kier alpha value is -3.25. The van der Waals surface area contributed by atoms with Gasteiger partial charge in [-0.1, -0.05) is 25.5 Å². The fourth-order valence-corrected chi connectivity index (χ4v) is 4.60. The van der Waals surface area contributed by atoms with Gasteiger partial charge in [-0.2, -0.15) is 0 Å². The molecule has 2 amide bonds. The molecule has 1 N–H and O–H groups in total. The van der Waals surface area contributed by atoms with E-state index in [0.29, 0.717) is 23.4 Å². The number of rotatable bonds is 5. The van der Waals surface area contributed by atoms with Crippen molar-refractivity contribution in [3.8, 4) is 0 Å². The number of anilines is 2. The molecule has 5 nitrogen and oxygen atoms in total. The number of unbranched alkanes of at least 4 members (excludes halogenated alkanes) is 1. The van der Waals surface area contributed by atoms with Crippen molar-refractivity contribution >= 4 is 55.5 Å². The van der Waals surface area contributed by atoms with Gasteiger partial charge in [-0.05, 0) is 42.8 Å². The van der Waals surface area contributed by atoms with E-state index in [2.05, 4.69) is 17.2 Å². The number of nitrogens with one attached hydrogen (secondary N) is 1. The van der Waals surface area contributed by atoms with Crippen LogP contribution >= 0.6 is 11.3 Å². The fourth-order valence-electron chi connectivity index (χ4n) is 3.88. The Morgan fingerprint density at radius 2 is 2.07 bits per heavy atom. The zero-order valence-electron chi connectivity index (χ0n) is 15.9. The number of nitrogens with zero attached hydrogens (tertiary/aromatic N) is 2. The van der Waals surface area contributed by atoms with E-state index >= 15 is 0 Å². The Kier molecular flexibility index (Phi) is 4.28. The summed E-state index contributed by atoms with van der Waals surface area (Å²) >= 11 is 1.51. The van der Waals surface area contributed by atoms with Gasteiger partial charge >= 0.3 is 0 Å². The smallest absolute Gasteiger partial charge is 0.258 e. The minimum absolute atomic E-state index is 0.0400. The van der Waals surface area contributed by atoms with E-state index in [-0.39, 0.29) is 11.8 Å². The van der Waals surface area contributed by atoms with Crippen LogP contribution in [0.2, 0.25) is 0 Å². The van der Waals surface area contributed by atoms with Crippen LogP contribution in [0.25, 0.3) is 21.0 Å². The zero-order valence-corrected chi connectivity index (χ0v) is 16.8. The summed E-state index contributed by atoms with van der Waals surface area (Å²) in [5.41, 5.74) is 5.60. The maximum Gasteiger partial charge on any atom is 0.258 e. The van der Waals surface area contributed by atoms with Crippen molar-refractivity contribution in [2.75, 3.05) is 16.8 Å². The number of thiazole rings is 1. The Labute approximate surface area is 172 Å². The second kappa shape index (κ2) is 6.97. The molecule has 1 aliphatic rings. The number of benzene rings is 3. The van der Waals surface area contributed by atoms with Crippen LogP contribution in [-0.2, 0) is 0 Å². The number of fused-ring (bicyclic) bond motifs is 1. The number of hydrogen-bond acceptors (Lipinski definition) is 4. The van der Waals surface area contributed by atoms with Crippen molar-refractivity contribution < 1.29 is 9.59 Å². The normalized spacial score (nSPS) is 12.9. The van der Waals surface area contributed by atoms with Crippen molar-refractivity contribution in [2.24, 2.45) is 0 Å². The first-order valence-corrected chi connectivity index (χ1v) is 10.6. The van der Waals surface area contributed by atoms with Gasteiger partial charge in [0.1, 0.15) is 0 Å². The van der Waals surface area contributed by atoms with E-state index in [4.69, 9.17) is 0 Å². The molecule has 1 aliphatic heterocycles. The summed E-state index contributed by atoms with van der Waals surface area (Å²) in [6.45, 7) is 2.82. The van der Waals surface area contributed by atoms with Crippen molar-refractivity contribution in [1.29, 1.82) is 0 Å². The monoisotopic (exact) mass is 401 g/mol. The zero-order chi connectivity index (χ0) is 20.0. The van der Waals surface area contributed by atoms with Crippen LogP contribution in [-0.4, -0.2) is 23.3 Å². The minimum atomic E-state index is -0.173. The summed E-state index contributed by atoms with van der Waals surface area (Å²) in [7, 11) is 0. The molecule has 3 aromatic carbocycles. The fraction of sp³-hybridized carbons (Fsp3) is 0.174. The molecular formula is C23H19N3O2S. The van der Waals surface area contributed by atoms with Gasteiger partial charge in [0, 0.05) is 34.1 Å². The molecule has 6 heteroatoms. The van der Waals surface area contributed by atoms with Crippen LogP contribution in [0, 0.1) is 0 Å². The summed E-state index contributed by atoms with van der Waals surface area (Å²) in [5, 5.41) is 4.84. The summed E-state index contributed by atoms with van der Waals surface area (Å²) in [6.07, 6.45) is 1.99. The van der Waals surface area contributed by atoms with Gasteiger partial charge in [0.2, 0.25) is 0 Å². The van der Waals surface area contributed by atoms with E-state index in [0.717, 1.165) is 39.5 Å². The first kappa shape index (κ1) is 17.8. The molecule has 144 valence electrons. The molecule has 0 saturated heterocycles.